The topological polar surface area (TPSA) is 107 Å². The Morgan fingerprint density at radius 3 is 2.72 bits per heavy atom. The van der Waals surface area contributed by atoms with E-state index in [4.69, 9.17) is 5.14 Å². The number of hydrogen-bond donors (Lipinski definition) is 2. The van der Waals surface area contributed by atoms with E-state index in [2.05, 4.69) is 10.4 Å². The van der Waals surface area contributed by atoms with Gasteiger partial charge in [-0.3, -0.25) is 9.48 Å². The zero-order valence-corrected chi connectivity index (χ0v) is 11.5. The fourth-order valence-electron chi connectivity index (χ4n) is 1.41. The van der Waals surface area contributed by atoms with E-state index in [9.17, 15) is 13.2 Å². The van der Waals surface area contributed by atoms with E-state index in [0.29, 0.717) is 6.42 Å². The predicted octanol–water partition coefficient (Wildman–Crippen LogP) is 0.442. The quantitative estimate of drug-likeness (QED) is 0.812. The van der Waals surface area contributed by atoms with Crippen LogP contribution in [-0.4, -0.2) is 24.1 Å². The van der Waals surface area contributed by atoms with E-state index in [1.165, 1.54) is 10.9 Å². The van der Waals surface area contributed by atoms with Crippen LogP contribution in [0.2, 0.25) is 0 Å². The lowest BCUT2D eigenvalue weighted by Gasteiger charge is -2.08. The van der Waals surface area contributed by atoms with Gasteiger partial charge in [0.25, 0.3) is 0 Å². The van der Waals surface area contributed by atoms with E-state index < -0.39 is 10.0 Å². The minimum Gasteiger partial charge on any atom is -0.308 e. The van der Waals surface area contributed by atoms with Gasteiger partial charge in [-0.2, -0.15) is 5.10 Å². The molecule has 0 aliphatic carbocycles. The Hall–Kier alpha value is -1.41. The Bertz CT molecular complexity index is 535. The first-order valence-corrected chi connectivity index (χ1v) is 7.15. The molecule has 0 aromatic carbocycles. The van der Waals surface area contributed by atoms with Crippen molar-refractivity contribution in [2.45, 2.75) is 31.6 Å². The third-order valence-corrected chi connectivity index (χ3v) is 3.50. The van der Waals surface area contributed by atoms with Gasteiger partial charge in [0.05, 0.1) is 0 Å². The maximum atomic E-state index is 11.7. The summed E-state index contributed by atoms with van der Waals surface area (Å²) in [5, 5.41) is 11.4. The predicted molar refractivity (Wildman–Crippen MR) is 67.3 cm³/mol. The monoisotopic (exact) mass is 274 g/mol. The second kappa shape index (κ2) is 5.49. The van der Waals surface area contributed by atoms with Crippen molar-refractivity contribution in [1.29, 1.82) is 0 Å². The first kappa shape index (κ1) is 14.7. The van der Waals surface area contributed by atoms with Crippen molar-refractivity contribution < 1.29 is 13.2 Å². The molecule has 1 amide bonds. The Balaban J connectivity index is 2.88. The van der Waals surface area contributed by atoms with Crippen LogP contribution in [0.3, 0.4) is 0 Å². The summed E-state index contributed by atoms with van der Waals surface area (Å²) in [7, 11) is -2.34. The van der Waals surface area contributed by atoms with Gasteiger partial charge >= 0.3 is 0 Å². The number of nitrogens with one attached hydrogen (secondary N) is 1. The number of aromatic nitrogens is 2. The highest BCUT2D eigenvalue weighted by molar-refractivity contribution is 7.89. The van der Waals surface area contributed by atoms with Crippen LogP contribution in [0.1, 0.15) is 26.7 Å². The fraction of sp³-hybridized carbons (Fsp3) is 0.600. The van der Waals surface area contributed by atoms with Crippen LogP contribution in [0.5, 0.6) is 0 Å². The maximum Gasteiger partial charge on any atom is 0.243 e. The van der Waals surface area contributed by atoms with Gasteiger partial charge in [0.2, 0.25) is 15.9 Å². The summed E-state index contributed by atoms with van der Waals surface area (Å²) in [5.41, 5.74) is 0. The number of aryl methyl sites for hydroxylation is 1. The lowest BCUT2D eigenvalue weighted by atomic mass is 10.1. The summed E-state index contributed by atoms with van der Waals surface area (Å²) in [4.78, 5) is 11.5. The molecule has 0 radical (unpaired) electrons. The summed E-state index contributed by atoms with van der Waals surface area (Å²) >= 11 is 0. The number of anilines is 1. The average Bonchev–Trinajstić information content (AvgIpc) is 2.58. The normalized spacial score (nSPS) is 13.3. The summed E-state index contributed by atoms with van der Waals surface area (Å²) in [6.45, 7) is 3.92. The molecule has 1 aromatic heterocycles. The molecule has 0 aliphatic heterocycles. The molecular weight excluding hydrogens is 256 g/mol. The molecule has 0 fully saturated rings. The van der Waals surface area contributed by atoms with Gasteiger partial charge in [-0.05, 0) is 5.92 Å². The van der Waals surface area contributed by atoms with Gasteiger partial charge in [-0.25, -0.2) is 13.6 Å². The van der Waals surface area contributed by atoms with Crippen LogP contribution in [0.25, 0.3) is 0 Å². The highest BCUT2D eigenvalue weighted by Crippen LogP contribution is 2.18. The summed E-state index contributed by atoms with van der Waals surface area (Å²) < 4.78 is 23.9. The molecular formula is C10H18N4O3S. The number of sulfonamides is 1. The molecule has 3 N–H and O–H groups in total. The summed E-state index contributed by atoms with van der Waals surface area (Å²) in [6, 6.07) is 0. The van der Waals surface area contributed by atoms with Gasteiger partial charge in [0.1, 0.15) is 4.90 Å². The van der Waals surface area contributed by atoms with Crippen molar-refractivity contribution in [3.8, 4) is 0 Å². The molecule has 1 rings (SSSR count). The Morgan fingerprint density at radius 2 is 2.22 bits per heavy atom. The molecule has 0 saturated carbocycles. The van der Waals surface area contributed by atoms with E-state index in [-0.39, 0.29) is 22.5 Å². The van der Waals surface area contributed by atoms with Crippen LogP contribution in [0, 0.1) is 5.92 Å². The summed E-state index contributed by atoms with van der Waals surface area (Å²) in [6.07, 6.45) is 2.45. The minimum absolute atomic E-state index is 0.0201. The molecule has 102 valence electrons. The first-order chi connectivity index (χ1) is 8.24. The number of rotatable bonds is 5. The molecule has 1 heterocycles. The first-order valence-electron chi connectivity index (χ1n) is 5.60. The van der Waals surface area contributed by atoms with Crippen molar-refractivity contribution in [1.82, 2.24) is 9.78 Å². The molecule has 0 saturated heterocycles. The van der Waals surface area contributed by atoms with Gasteiger partial charge in [-0.1, -0.05) is 20.3 Å². The summed E-state index contributed by atoms with van der Waals surface area (Å²) in [5.74, 6) is -0.0621. The number of nitrogens with zero attached hydrogens (tertiary/aromatic N) is 2. The molecule has 18 heavy (non-hydrogen) atoms. The van der Waals surface area contributed by atoms with Gasteiger partial charge in [-0.15, -0.1) is 0 Å². The molecule has 1 aromatic rings. The zero-order valence-electron chi connectivity index (χ0n) is 10.7. The van der Waals surface area contributed by atoms with Crippen LogP contribution in [0.4, 0.5) is 5.82 Å². The highest BCUT2D eigenvalue weighted by atomic mass is 32.2. The molecule has 0 aliphatic rings. The third-order valence-electron chi connectivity index (χ3n) is 2.59. The van der Waals surface area contributed by atoms with Crippen molar-refractivity contribution in [2.75, 3.05) is 5.32 Å². The maximum absolute atomic E-state index is 11.7. The SMILES string of the molecule is CCC(C)CC(=O)Nc1nn(C)cc1S(N)(=O)=O. The zero-order chi connectivity index (χ0) is 13.9. The molecule has 8 heteroatoms. The smallest absolute Gasteiger partial charge is 0.243 e. The van der Waals surface area contributed by atoms with E-state index in [0.717, 1.165) is 6.42 Å². The molecule has 1 atom stereocenters. The Morgan fingerprint density at radius 1 is 1.61 bits per heavy atom. The molecule has 1 unspecified atom stereocenters. The molecule has 7 nitrogen and oxygen atoms in total. The van der Waals surface area contributed by atoms with Gasteiger partial charge in [0, 0.05) is 19.7 Å². The third kappa shape index (κ3) is 3.81. The van der Waals surface area contributed by atoms with E-state index >= 15 is 0 Å². The number of hydrogen-bond acceptors (Lipinski definition) is 4. The number of carbonyl (C=O) groups excluding carboxylic acids is 1. The van der Waals surface area contributed by atoms with Crippen LogP contribution in [0.15, 0.2) is 11.1 Å². The Labute approximate surface area is 106 Å². The van der Waals surface area contributed by atoms with Gasteiger partial charge < -0.3 is 5.32 Å². The number of amides is 1. The lowest BCUT2D eigenvalue weighted by Crippen LogP contribution is -2.19. The average molecular weight is 274 g/mol. The van der Waals surface area contributed by atoms with E-state index in [1.54, 1.807) is 7.05 Å². The lowest BCUT2D eigenvalue weighted by molar-refractivity contribution is -0.117. The number of nitrogens with two attached hydrogens (primary N) is 1. The van der Waals surface area contributed by atoms with Crippen LogP contribution >= 0.6 is 0 Å². The fourth-order valence-corrected chi connectivity index (χ4v) is 2.07. The van der Waals surface area contributed by atoms with Crippen molar-refractivity contribution >= 4 is 21.7 Å². The van der Waals surface area contributed by atoms with Crippen molar-refractivity contribution in [3.63, 3.8) is 0 Å². The van der Waals surface area contributed by atoms with Crippen LogP contribution < -0.4 is 10.5 Å². The standard InChI is InChI=1S/C10H18N4O3S/c1-4-7(2)5-9(15)12-10-8(18(11,16)17)6-14(3)13-10/h6-7H,4-5H2,1-3H3,(H2,11,16,17)(H,12,13,15). The molecule has 0 bridgehead atoms. The Kier molecular flexibility index (Phi) is 4.47. The van der Waals surface area contributed by atoms with Crippen molar-refractivity contribution in [2.24, 2.45) is 18.1 Å². The highest BCUT2D eigenvalue weighted by Gasteiger charge is 2.20. The second-order valence-corrected chi connectivity index (χ2v) is 5.86. The van der Waals surface area contributed by atoms with Gasteiger partial charge in [0.15, 0.2) is 5.82 Å². The van der Waals surface area contributed by atoms with Crippen molar-refractivity contribution in [3.05, 3.63) is 6.20 Å². The number of carbonyl (C=O) groups is 1. The second-order valence-electron chi connectivity index (χ2n) is 4.33. The molecule has 0 spiro atoms. The minimum atomic E-state index is -3.89. The largest absolute Gasteiger partial charge is 0.308 e. The van der Waals surface area contributed by atoms with E-state index in [1.807, 2.05) is 13.8 Å². The number of primary sulfonamides is 1. The van der Waals surface area contributed by atoms with Crippen LogP contribution in [-0.2, 0) is 21.9 Å².